The van der Waals surface area contributed by atoms with E-state index in [0.29, 0.717) is 12.0 Å². The van der Waals surface area contributed by atoms with E-state index >= 15 is 0 Å². The fraction of sp³-hybridized carbons (Fsp3) is 0.308. The van der Waals surface area contributed by atoms with Gasteiger partial charge in [-0.25, -0.2) is 0 Å². The van der Waals surface area contributed by atoms with E-state index in [1.54, 1.807) is 25.3 Å². The SMILES string of the molecule is Cc1cc(C(C[C@H](c2ccc(C(=O)NC[C@H](C)O)cc2)c2ccccc2C)N=O)ccn1. The number of hydrogen-bond donors (Lipinski definition) is 2. The molecule has 6 heteroatoms. The van der Waals surface area contributed by atoms with Crippen molar-refractivity contribution in [2.45, 2.75) is 45.3 Å². The highest BCUT2D eigenvalue weighted by Crippen LogP contribution is 2.37. The molecule has 0 bridgehead atoms. The van der Waals surface area contributed by atoms with Crippen LogP contribution >= 0.6 is 0 Å². The molecule has 1 unspecified atom stereocenters. The minimum Gasteiger partial charge on any atom is -0.392 e. The van der Waals surface area contributed by atoms with Crippen molar-refractivity contribution in [3.63, 3.8) is 0 Å². The number of carbonyl (C=O) groups excluding carboxylic acids is 1. The van der Waals surface area contributed by atoms with Crippen LogP contribution in [0.2, 0.25) is 0 Å². The standard InChI is InChI=1S/C26H29N3O3/c1-17-6-4-5-7-23(17)24(15-25(29-32)22-12-13-27-18(2)14-22)20-8-10-21(11-9-20)26(31)28-16-19(3)30/h4-14,19,24-25,30H,15-16H2,1-3H3,(H,28,31)/t19-,24+,25?/m0/s1. The molecule has 0 aliphatic heterocycles. The van der Waals surface area contributed by atoms with E-state index in [1.165, 1.54) is 0 Å². The molecule has 166 valence electrons. The first kappa shape index (κ1) is 23.3. The van der Waals surface area contributed by atoms with Gasteiger partial charge in [-0.2, -0.15) is 4.91 Å². The zero-order valence-electron chi connectivity index (χ0n) is 18.7. The van der Waals surface area contributed by atoms with Gasteiger partial charge in [-0.3, -0.25) is 9.78 Å². The molecule has 0 spiro atoms. The first-order valence-corrected chi connectivity index (χ1v) is 10.8. The van der Waals surface area contributed by atoms with E-state index in [9.17, 15) is 14.8 Å². The number of amides is 1. The van der Waals surface area contributed by atoms with Crippen LogP contribution in [0.15, 0.2) is 72.0 Å². The smallest absolute Gasteiger partial charge is 0.251 e. The van der Waals surface area contributed by atoms with Gasteiger partial charge in [-0.05, 0) is 73.7 Å². The lowest BCUT2D eigenvalue weighted by atomic mass is 9.82. The Balaban J connectivity index is 1.92. The Labute approximate surface area is 188 Å². The summed E-state index contributed by atoms with van der Waals surface area (Å²) in [5, 5.41) is 15.5. The summed E-state index contributed by atoms with van der Waals surface area (Å²) in [6.07, 6.45) is 1.60. The van der Waals surface area contributed by atoms with Crippen molar-refractivity contribution >= 4 is 5.91 Å². The zero-order valence-corrected chi connectivity index (χ0v) is 18.7. The van der Waals surface area contributed by atoms with Crippen LogP contribution in [-0.2, 0) is 0 Å². The Morgan fingerprint density at radius 1 is 1.06 bits per heavy atom. The lowest BCUT2D eigenvalue weighted by molar-refractivity contribution is 0.0924. The number of pyridine rings is 1. The number of carbonyl (C=O) groups is 1. The zero-order chi connectivity index (χ0) is 23.1. The summed E-state index contributed by atoms with van der Waals surface area (Å²) in [6.45, 7) is 5.77. The number of aromatic nitrogens is 1. The lowest BCUT2D eigenvalue weighted by Gasteiger charge is -2.23. The highest BCUT2D eigenvalue weighted by Gasteiger charge is 2.24. The van der Waals surface area contributed by atoms with Crippen LogP contribution in [0.5, 0.6) is 0 Å². The van der Waals surface area contributed by atoms with Gasteiger partial charge in [0.2, 0.25) is 0 Å². The molecule has 3 aromatic rings. The third kappa shape index (κ3) is 5.86. The fourth-order valence-electron chi connectivity index (χ4n) is 3.87. The summed E-state index contributed by atoms with van der Waals surface area (Å²) >= 11 is 0. The van der Waals surface area contributed by atoms with Gasteiger partial charge in [-0.15, -0.1) is 0 Å². The Morgan fingerprint density at radius 2 is 1.78 bits per heavy atom. The van der Waals surface area contributed by atoms with Crippen LogP contribution in [0, 0.1) is 18.8 Å². The molecule has 6 nitrogen and oxygen atoms in total. The summed E-state index contributed by atoms with van der Waals surface area (Å²) in [7, 11) is 0. The molecule has 3 rings (SSSR count). The van der Waals surface area contributed by atoms with Gasteiger partial charge in [0.1, 0.15) is 6.04 Å². The minimum atomic E-state index is -0.603. The molecule has 0 radical (unpaired) electrons. The number of aryl methyl sites for hydroxylation is 2. The number of hydrogen-bond acceptors (Lipinski definition) is 5. The number of nitrogens with one attached hydrogen (secondary N) is 1. The van der Waals surface area contributed by atoms with E-state index in [1.807, 2.05) is 43.3 Å². The Hall–Kier alpha value is -3.38. The summed E-state index contributed by atoms with van der Waals surface area (Å²) in [6, 6.07) is 18.7. The molecule has 3 atom stereocenters. The Bertz CT molecular complexity index is 1060. The number of aliphatic hydroxyl groups is 1. The minimum absolute atomic E-state index is 0.0676. The van der Waals surface area contributed by atoms with Gasteiger partial charge in [0, 0.05) is 29.9 Å². The van der Waals surface area contributed by atoms with E-state index in [-0.39, 0.29) is 18.4 Å². The second kappa shape index (κ2) is 10.8. The molecule has 0 aliphatic carbocycles. The normalized spacial score (nSPS) is 13.8. The number of nitrogens with zero attached hydrogens (tertiary/aromatic N) is 2. The van der Waals surface area contributed by atoms with Crippen molar-refractivity contribution < 1.29 is 9.90 Å². The van der Waals surface area contributed by atoms with Crippen LogP contribution in [0.1, 0.15) is 63.6 Å². The number of nitroso groups, excluding NO2 is 1. The molecular weight excluding hydrogens is 402 g/mol. The summed E-state index contributed by atoms with van der Waals surface area (Å²) in [5.74, 6) is -0.300. The predicted molar refractivity (Wildman–Crippen MR) is 126 cm³/mol. The molecule has 2 aromatic carbocycles. The second-order valence-corrected chi connectivity index (χ2v) is 8.18. The van der Waals surface area contributed by atoms with Gasteiger partial charge < -0.3 is 10.4 Å². The van der Waals surface area contributed by atoms with Crippen molar-refractivity contribution in [3.05, 3.63) is 105 Å². The first-order valence-electron chi connectivity index (χ1n) is 10.8. The summed E-state index contributed by atoms with van der Waals surface area (Å²) in [5.41, 5.74) is 5.47. The summed E-state index contributed by atoms with van der Waals surface area (Å²) < 4.78 is 0. The number of rotatable bonds is 9. The topological polar surface area (TPSA) is 91.6 Å². The predicted octanol–water partition coefficient (Wildman–Crippen LogP) is 4.84. The molecule has 0 fully saturated rings. The fourth-order valence-corrected chi connectivity index (χ4v) is 3.87. The van der Waals surface area contributed by atoms with Crippen LogP contribution in [0.3, 0.4) is 0 Å². The van der Waals surface area contributed by atoms with Crippen molar-refractivity contribution in [3.8, 4) is 0 Å². The quantitative estimate of drug-likeness (QED) is 0.474. The van der Waals surface area contributed by atoms with Gasteiger partial charge in [0.15, 0.2) is 0 Å². The molecule has 0 aliphatic rings. The molecule has 0 saturated carbocycles. The van der Waals surface area contributed by atoms with Gasteiger partial charge in [0.05, 0.1) is 6.10 Å². The lowest BCUT2D eigenvalue weighted by Crippen LogP contribution is -2.30. The molecule has 1 heterocycles. The highest BCUT2D eigenvalue weighted by atomic mass is 16.3. The third-order valence-corrected chi connectivity index (χ3v) is 5.59. The number of benzene rings is 2. The Morgan fingerprint density at radius 3 is 2.41 bits per heavy atom. The van der Waals surface area contributed by atoms with E-state index < -0.39 is 12.1 Å². The average molecular weight is 432 g/mol. The molecule has 32 heavy (non-hydrogen) atoms. The van der Waals surface area contributed by atoms with Crippen LogP contribution in [-0.4, -0.2) is 28.6 Å². The monoisotopic (exact) mass is 431 g/mol. The van der Waals surface area contributed by atoms with Crippen molar-refractivity contribution in [1.29, 1.82) is 0 Å². The maximum Gasteiger partial charge on any atom is 0.251 e. The van der Waals surface area contributed by atoms with Crippen LogP contribution in [0.4, 0.5) is 0 Å². The Kier molecular flexibility index (Phi) is 7.84. The molecule has 1 amide bonds. The largest absolute Gasteiger partial charge is 0.392 e. The molecule has 2 N–H and O–H groups in total. The first-order chi connectivity index (χ1) is 15.4. The van der Waals surface area contributed by atoms with Crippen molar-refractivity contribution in [1.82, 2.24) is 10.3 Å². The second-order valence-electron chi connectivity index (χ2n) is 8.18. The van der Waals surface area contributed by atoms with Gasteiger partial charge in [0.25, 0.3) is 5.91 Å². The number of aliphatic hydroxyl groups excluding tert-OH is 1. The molecular formula is C26H29N3O3. The molecule has 0 saturated heterocycles. The van der Waals surface area contributed by atoms with Gasteiger partial charge >= 0.3 is 0 Å². The van der Waals surface area contributed by atoms with E-state index in [4.69, 9.17) is 0 Å². The summed E-state index contributed by atoms with van der Waals surface area (Å²) in [4.78, 5) is 28.4. The maximum atomic E-state index is 12.3. The van der Waals surface area contributed by atoms with E-state index in [2.05, 4.69) is 34.5 Å². The van der Waals surface area contributed by atoms with Crippen LogP contribution < -0.4 is 5.32 Å². The van der Waals surface area contributed by atoms with Gasteiger partial charge in [-0.1, -0.05) is 41.6 Å². The van der Waals surface area contributed by atoms with Crippen molar-refractivity contribution in [2.24, 2.45) is 5.18 Å². The molecule has 1 aromatic heterocycles. The van der Waals surface area contributed by atoms with E-state index in [0.717, 1.165) is 27.9 Å². The third-order valence-electron chi connectivity index (χ3n) is 5.59. The van der Waals surface area contributed by atoms with Crippen LogP contribution in [0.25, 0.3) is 0 Å². The maximum absolute atomic E-state index is 12.3. The highest BCUT2D eigenvalue weighted by molar-refractivity contribution is 5.94. The average Bonchev–Trinajstić information content (AvgIpc) is 2.79. The van der Waals surface area contributed by atoms with Crippen molar-refractivity contribution in [2.75, 3.05) is 6.54 Å².